The summed E-state index contributed by atoms with van der Waals surface area (Å²) in [6.07, 6.45) is 6.63. The van der Waals surface area contributed by atoms with Gasteiger partial charge in [-0.2, -0.15) is 5.10 Å². The molecule has 0 unspecified atom stereocenters. The zero-order valence-electron chi connectivity index (χ0n) is 9.70. The van der Waals surface area contributed by atoms with E-state index in [1.807, 2.05) is 10.7 Å². The Balaban J connectivity index is 2.29. The van der Waals surface area contributed by atoms with Crippen LogP contribution in [0.15, 0.2) is 18.2 Å². The Bertz CT molecular complexity index is 374. The maximum absolute atomic E-state index is 5.98. The van der Waals surface area contributed by atoms with E-state index < -0.39 is 0 Å². The maximum atomic E-state index is 5.98. The fourth-order valence-electron chi connectivity index (χ4n) is 2.01. The van der Waals surface area contributed by atoms with Crippen molar-refractivity contribution in [1.82, 2.24) is 9.78 Å². The standard InChI is InChI=1S/C12H19N3/c1-12(2,3)15-11(13)8-10(14-15)9-6-4-5-7-9/h4-5,8-9H,6-7,13H2,1-3H3. The molecule has 0 amide bonds. The van der Waals surface area contributed by atoms with Gasteiger partial charge in [-0.05, 0) is 33.6 Å². The number of hydrogen-bond donors (Lipinski definition) is 1. The summed E-state index contributed by atoms with van der Waals surface area (Å²) in [4.78, 5) is 0. The molecule has 15 heavy (non-hydrogen) atoms. The van der Waals surface area contributed by atoms with Gasteiger partial charge in [0, 0.05) is 12.0 Å². The molecule has 2 N–H and O–H groups in total. The van der Waals surface area contributed by atoms with Gasteiger partial charge < -0.3 is 5.73 Å². The molecule has 1 aromatic rings. The molecule has 0 aromatic carbocycles. The molecule has 0 fully saturated rings. The highest BCUT2D eigenvalue weighted by atomic mass is 15.3. The minimum absolute atomic E-state index is 0.0334. The van der Waals surface area contributed by atoms with E-state index in [9.17, 15) is 0 Å². The number of aromatic nitrogens is 2. The summed E-state index contributed by atoms with van der Waals surface area (Å²) in [6, 6.07) is 2.02. The molecular formula is C12H19N3. The average molecular weight is 205 g/mol. The molecular weight excluding hydrogens is 186 g/mol. The van der Waals surface area contributed by atoms with Crippen LogP contribution in [-0.2, 0) is 5.54 Å². The first-order valence-corrected chi connectivity index (χ1v) is 5.49. The van der Waals surface area contributed by atoms with E-state index in [1.165, 1.54) is 0 Å². The van der Waals surface area contributed by atoms with Crippen molar-refractivity contribution in [1.29, 1.82) is 0 Å². The second-order valence-corrected chi connectivity index (χ2v) is 5.22. The third kappa shape index (κ3) is 1.91. The van der Waals surface area contributed by atoms with Crippen LogP contribution < -0.4 is 5.73 Å². The largest absolute Gasteiger partial charge is 0.384 e. The monoisotopic (exact) mass is 205 g/mol. The number of hydrogen-bond acceptors (Lipinski definition) is 2. The fourth-order valence-corrected chi connectivity index (χ4v) is 2.01. The van der Waals surface area contributed by atoms with Crippen LogP contribution in [0.4, 0.5) is 5.82 Å². The van der Waals surface area contributed by atoms with E-state index in [0.29, 0.717) is 5.92 Å². The molecule has 0 spiro atoms. The Kier molecular flexibility index (Phi) is 2.33. The van der Waals surface area contributed by atoms with Crippen molar-refractivity contribution in [2.45, 2.75) is 45.1 Å². The van der Waals surface area contributed by atoms with Gasteiger partial charge in [0.15, 0.2) is 0 Å². The Hall–Kier alpha value is -1.25. The first-order valence-electron chi connectivity index (χ1n) is 5.49. The molecule has 0 aliphatic heterocycles. The van der Waals surface area contributed by atoms with Gasteiger partial charge in [-0.15, -0.1) is 0 Å². The van der Waals surface area contributed by atoms with Crippen LogP contribution in [0.5, 0.6) is 0 Å². The maximum Gasteiger partial charge on any atom is 0.122 e. The Morgan fingerprint density at radius 3 is 2.40 bits per heavy atom. The highest BCUT2D eigenvalue weighted by Gasteiger charge is 2.22. The predicted octanol–water partition coefficient (Wildman–Crippen LogP) is 2.65. The number of allylic oxidation sites excluding steroid dienone is 2. The van der Waals surface area contributed by atoms with E-state index in [0.717, 1.165) is 24.4 Å². The molecule has 0 saturated carbocycles. The van der Waals surface area contributed by atoms with Crippen LogP contribution in [0.1, 0.15) is 45.2 Å². The van der Waals surface area contributed by atoms with E-state index in [1.54, 1.807) is 0 Å². The van der Waals surface area contributed by atoms with E-state index in [-0.39, 0.29) is 5.54 Å². The van der Waals surface area contributed by atoms with E-state index >= 15 is 0 Å². The second-order valence-electron chi connectivity index (χ2n) is 5.22. The predicted molar refractivity (Wildman–Crippen MR) is 62.8 cm³/mol. The first-order chi connectivity index (χ1) is 6.98. The van der Waals surface area contributed by atoms with Crippen LogP contribution >= 0.6 is 0 Å². The normalized spacial score (nSPS) is 17.5. The second kappa shape index (κ2) is 3.40. The van der Waals surface area contributed by atoms with Crippen LogP contribution in [0.2, 0.25) is 0 Å². The molecule has 0 atom stereocenters. The fraction of sp³-hybridized carbons (Fsp3) is 0.583. The molecule has 1 heterocycles. The SMILES string of the molecule is CC(C)(C)n1nc(C2CC=CC2)cc1N. The summed E-state index contributed by atoms with van der Waals surface area (Å²) in [5, 5.41) is 4.61. The van der Waals surface area contributed by atoms with Crippen LogP contribution in [0.25, 0.3) is 0 Å². The summed E-state index contributed by atoms with van der Waals surface area (Å²) < 4.78 is 1.92. The van der Waals surface area contributed by atoms with Crippen molar-refractivity contribution in [3.63, 3.8) is 0 Å². The summed E-state index contributed by atoms with van der Waals surface area (Å²) in [6.45, 7) is 6.35. The quantitative estimate of drug-likeness (QED) is 0.716. The highest BCUT2D eigenvalue weighted by molar-refractivity contribution is 5.34. The Morgan fingerprint density at radius 2 is 1.93 bits per heavy atom. The van der Waals surface area contributed by atoms with E-state index in [2.05, 4.69) is 38.0 Å². The van der Waals surface area contributed by atoms with Crippen molar-refractivity contribution >= 4 is 5.82 Å². The number of rotatable bonds is 1. The first kappa shape index (κ1) is 10.3. The van der Waals surface area contributed by atoms with Crippen molar-refractivity contribution < 1.29 is 0 Å². The molecule has 3 nitrogen and oxygen atoms in total. The summed E-state index contributed by atoms with van der Waals surface area (Å²) in [5.74, 6) is 1.31. The van der Waals surface area contributed by atoms with Gasteiger partial charge in [0.2, 0.25) is 0 Å². The minimum atomic E-state index is -0.0334. The summed E-state index contributed by atoms with van der Waals surface area (Å²) in [7, 11) is 0. The Morgan fingerprint density at radius 1 is 1.33 bits per heavy atom. The zero-order chi connectivity index (χ0) is 11.1. The molecule has 1 aliphatic carbocycles. The summed E-state index contributed by atoms with van der Waals surface area (Å²) >= 11 is 0. The summed E-state index contributed by atoms with van der Waals surface area (Å²) in [5.41, 5.74) is 7.07. The van der Waals surface area contributed by atoms with Gasteiger partial charge >= 0.3 is 0 Å². The van der Waals surface area contributed by atoms with Gasteiger partial charge in [0.05, 0.1) is 11.2 Å². The number of anilines is 1. The molecule has 0 saturated heterocycles. The molecule has 82 valence electrons. The van der Waals surface area contributed by atoms with E-state index in [4.69, 9.17) is 5.73 Å². The topological polar surface area (TPSA) is 43.8 Å². The number of nitrogens with zero attached hydrogens (tertiary/aromatic N) is 2. The lowest BCUT2D eigenvalue weighted by molar-refractivity contribution is 0.357. The highest BCUT2D eigenvalue weighted by Crippen LogP contribution is 2.30. The Labute approximate surface area is 91.0 Å². The van der Waals surface area contributed by atoms with Gasteiger partial charge in [-0.1, -0.05) is 12.2 Å². The molecule has 0 bridgehead atoms. The minimum Gasteiger partial charge on any atom is -0.384 e. The van der Waals surface area contributed by atoms with Crippen molar-refractivity contribution in [3.8, 4) is 0 Å². The van der Waals surface area contributed by atoms with Gasteiger partial charge in [-0.25, -0.2) is 4.68 Å². The molecule has 1 aromatic heterocycles. The van der Waals surface area contributed by atoms with Crippen LogP contribution in [0.3, 0.4) is 0 Å². The lowest BCUT2D eigenvalue weighted by Crippen LogP contribution is -2.24. The average Bonchev–Trinajstić information content (AvgIpc) is 2.68. The lowest BCUT2D eigenvalue weighted by atomic mass is 10.0. The molecule has 3 heteroatoms. The zero-order valence-corrected chi connectivity index (χ0v) is 9.70. The molecule has 0 radical (unpaired) electrons. The smallest absolute Gasteiger partial charge is 0.122 e. The number of nitrogens with two attached hydrogens (primary N) is 1. The van der Waals surface area contributed by atoms with Crippen LogP contribution in [0, 0.1) is 0 Å². The van der Waals surface area contributed by atoms with Crippen molar-refractivity contribution in [3.05, 3.63) is 23.9 Å². The van der Waals surface area contributed by atoms with Crippen molar-refractivity contribution in [2.24, 2.45) is 0 Å². The third-order valence-corrected chi connectivity index (χ3v) is 2.82. The molecule has 2 rings (SSSR count). The van der Waals surface area contributed by atoms with Crippen molar-refractivity contribution in [2.75, 3.05) is 5.73 Å². The van der Waals surface area contributed by atoms with Gasteiger partial charge in [0.25, 0.3) is 0 Å². The van der Waals surface area contributed by atoms with Crippen LogP contribution in [-0.4, -0.2) is 9.78 Å². The molecule has 1 aliphatic rings. The van der Waals surface area contributed by atoms with Gasteiger partial charge in [-0.3, -0.25) is 0 Å². The third-order valence-electron chi connectivity index (χ3n) is 2.82. The number of nitrogen functional groups attached to an aromatic ring is 1. The van der Waals surface area contributed by atoms with Gasteiger partial charge in [0.1, 0.15) is 5.82 Å². The lowest BCUT2D eigenvalue weighted by Gasteiger charge is -2.20.